The Morgan fingerprint density at radius 3 is 2.31 bits per heavy atom. The zero-order valence-corrected chi connectivity index (χ0v) is 9.84. The van der Waals surface area contributed by atoms with Gasteiger partial charge in [0.25, 0.3) is 0 Å². The van der Waals surface area contributed by atoms with E-state index >= 15 is 0 Å². The van der Waals surface area contributed by atoms with Crippen LogP contribution in [-0.2, 0) is 13.3 Å². The van der Waals surface area contributed by atoms with E-state index < -0.39 is 8.80 Å². The summed E-state index contributed by atoms with van der Waals surface area (Å²) in [5.41, 5.74) is 0. The second-order valence-corrected chi connectivity index (χ2v) is 5.67. The standard InChI is InChI=1S/C9H20O3Si/c1-5-7-8-12-13(10-3,11-4)9-6-2/h6H,2,5,7-9H2,1,3-4H3. The molecule has 0 radical (unpaired) electrons. The van der Waals surface area contributed by atoms with Crippen LogP contribution in [0.2, 0.25) is 6.04 Å². The highest BCUT2D eigenvalue weighted by Crippen LogP contribution is 2.14. The van der Waals surface area contributed by atoms with Crippen LogP contribution >= 0.6 is 0 Å². The normalized spacial score (nSPS) is 11.6. The predicted octanol–water partition coefficient (Wildman–Crippen LogP) is 2.22. The molecule has 0 N–H and O–H groups in total. The first kappa shape index (κ1) is 12.8. The average Bonchev–Trinajstić information content (AvgIpc) is 2.17. The molecule has 0 aromatic heterocycles. The molecule has 0 aromatic carbocycles. The Bertz CT molecular complexity index is 135. The van der Waals surface area contributed by atoms with Crippen LogP contribution in [0.5, 0.6) is 0 Å². The van der Waals surface area contributed by atoms with Gasteiger partial charge in [0, 0.05) is 26.9 Å². The van der Waals surface area contributed by atoms with E-state index in [0.29, 0.717) is 12.7 Å². The molecule has 78 valence electrons. The zero-order valence-electron chi connectivity index (χ0n) is 8.84. The summed E-state index contributed by atoms with van der Waals surface area (Å²) in [6.07, 6.45) is 3.94. The minimum atomic E-state index is -2.40. The third kappa shape index (κ3) is 4.57. The molecule has 0 unspecified atom stereocenters. The maximum Gasteiger partial charge on any atom is 0.504 e. The van der Waals surface area contributed by atoms with Gasteiger partial charge >= 0.3 is 8.80 Å². The van der Waals surface area contributed by atoms with Gasteiger partial charge in [0.2, 0.25) is 0 Å². The molecule has 0 aliphatic heterocycles. The molecule has 0 bridgehead atoms. The van der Waals surface area contributed by atoms with E-state index in [4.69, 9.17) is 13.3 Å². The molecule has 4 heteroatoms. The lowest BCUT2D eigenvalue weighted by Gasteiger charge is -2.24. The fourth-order valence-electron chi connectivity index (χ4n) is 0.976. The molecule has 0 amide bonds. The third-order valence-corrected chi connectivity index (χ3v) is 4.51. The predicted molar refractivity (Wildman–Crippen MR) is 55.6 cm³/mol. The lowest BCUT2D eigenvalue weighted by molar-refractivity contribution is 0.100. The van der Waals surface area contributed by atoms with Crippen molar-refractivity contribution in [2.45, 2.75) is 25.8 Å². The zero-order chi connectivity index (χ0) is 10.2. The van der Waals surface area contributed by atoms with Crippen molar-refractivity contribution in [2.24, 2.45) is 0 Å². The summed E-state index contributed by atoms with van der Waals surface area (Å²) in [4.78, 5) is 0. The van der Waals surface area contributed by atoms with Gasteiger partial charge in [-0.3, -0.25) is 0 Å². The quantitative estimate of drug-likeness (QED) is 0.345. The van der Waals surface area contributed by atoms with E-state index in [9.17, 15) is 0 Å². The van der Waals surface area contributed by atoms with Crippen molar-refractivity contribution in [3.8, 4) is 0 Å². The highest BCUT2D eigenvalue weighted by Gasteiger charge is 2.37. The minimum absolute atomic E-state index is 0.670. The van der Waals surface area contributed by atoms with Crippen molar-refractivity contribution in [1.29, 1.82) is 0 Å². The molecule has 3 nitrogen and oxygen atoms in total. The fourth-order valence-corrected chi connectivity index (χ4v) is 2.64. The third-order valence-electron chi connectivity index (χ3n) is 1.84. The smallest absolute Gasteiger partial charge is 0.377 e. The largest absolute Gasteiger partial charge is 0.504 e. The molecule has 0 fully saturated rings. The van der Waals surface area contributed by atoms with Gasteiger partial charge in [-0.2, -0.15) is 0 Å². The summed E-state index contributed by atoms with van der Waals surface area (Å²) in [7, 11) is 0.862. The van der Waals surface area contributed by atoms with Crippen molar-refractivity contribution in [1.82, 2.24) is 0 Å². The molecule has 0 rings (SSSR count). The van der Waals surface area contributed by atoms with Gasteiger partial charge in [0.1, 0.15) is 0 Å². The van der Waals surface area contributed by atoms with Crippen molar-refractivity contribution in [3.63, 3.8) is 0 Å². The number of allylic oxidation sites excluding steroid dienone is 1. The monoisotopic (exact) mass is 204 g/mol. The van der Waals surface area contributed by atoms with E-state index in [1.165, 1.54) is 0 Å². The SMILES string of the molecule is C=CC[Si](OC)(OC)OCCCC. The van der Waals surface area contributed by atoms with E-state index in [2.05, 4.69) is 13.5 Å². The molecule has 0 aliphatic rings. The van der Waals surface area contributed by atoms with Gasteiger partial charge in [-0.1, -0.05) is 19.4 Å². The lowest BCUT2D eigenvalue weighted by atomic mass is 10.4. The maximum atomic E-state index is 5.63. The van der Waals surface area contributed by atoms with Crippen LogP contribution in [0.4, 0.5) is 0 Å². The van der Waals surface area contributed by atoms with Crippen LogP contribution in [0, 0.1) is 0 Å². The van der Waals surface area contributed by atoms with E-state index in [0.717, 1.165) is 12.8 Å². The Labute approximate surface area is 82.1 Å². The molecule has 0 heterocycles. The van der Waals surface area contributed by atoms with Crippen molar-refractivity contribution in [2.75, 3.05) is 20.8 Å². The van der Waals surface area contributed by atoms with Gasteiger partial charge in [-0.15, -0.1) is 6.58 Å². The van der Waals surface area contributed by atoms with E-state index in [-0.39, 0.29) is 0 Å². The Balaban J connectivity index is 3.96. The van der Waals surface area contributed by atoms with Crippen LogP contribution < -0.4 is 0 Å². The number of rotatable bonds is 8. The Hall–Kier alpha value is -0.163. The Morgan fingerprint density at radius 1 is 1.31 bits per heavy atom. The Kier molecular flexibility index (Phi) is 7.17. The fraction of sp³-hybridized carbons (Fsp3) is 0.778. The van der Waals surface area contributed by atoms with Gasteiger partial charge in [0.15, 0.2) is 0 Å². The summed E-state index contributed by atoms with van der Waals surface area (Å²) in [5.74, 6) is 0. The molecule has 0 aromatic rings. The van der Waals surface area contributed by atoms with Gasteiger partial charge < -0.3 is 13.3 Å². The molecule has 0 saturated carbocycles. The molecular formula is C9H20O3Si. The number of unbranched alkanes of at least 4 members (excludes halogenated alkanes) is 1. The van der Waals surface area contributed by atoms with E-state index in [1.807, 2.05) is 0 Å². The Morgan fingerprint density at radius 2 is 1.92 bits per heavy atom. The lowest BCUT2D eigenvalue weighted by Crippen LogP contribution is -2.43. The number of hydrogen-bond acceptors (Lipinski definition) is 3. The summed E-state index contributed by atoms with van der Waals surface area (Å²) in [6.45, 7) is 6.50. The van der Waals surface area contributed by atoms with Crippen LogP contribution in [0.3, 0.4) is 0 Å². The molecule has 0 atom stereocenters. The second kappa shape index (κ2) is 7.26. The first-order valence-corrected chi connectivity index (χ1v) is 6.53. The molecular weight excluding hydrogens is 184 g/mol. The van der Waals surface area contributed by atoms with Crippen LogP contribution in [0.1, 0.15) is 19.8 Å². The summed E-state index contributed by atoms with van der Waals surface area (Å²) >= 11 is 0. The van der Waals surface area contributed by atoms with Gasteiger partial charge in [0.05, 0.1) is 0 Å². The van der Waals surface area contributed by atoms with Gasteiger partial charge in [-0.05, 0) is 6.42 Å². The molecule has 0 spiro atoms. The van der Waals surface area contributed by atoms with Crippen molar-refractivity contribution < 1.29 is 13.3 Å². The van der Waals surface area contributed by atoms with Crippen LogP contribution in [0.25, 0.3) is 0 Å². The average molecular weight is 204 g/mol. The molecule has 0 saturated heterocycles. The summed E-state index contributed by atoms with van der Waals surface area (Å²) in [5, 5.41) is 0. The highest BCUT2D eigenvalue weighted by molar-refractivity contribution is 6.61. The van der Waals surface area contributed by atoms with Crippen molar-refractivity contribution >= 4 is 8.80 Å². The first-order valence-electron chi connectivity index (χ1n) is 4.59. The summed E-state index contributed by atoms with van der Waals surface area (Å²) in [6, 6.07) is 0.670. The maximum absolute atomic E-state index is 5.63. The van der Waals surface area contributed by atoms with Crippen molar-refractivity contribution in [3.05, 3.63) is 12.7 Å². The highest BCUT2D eigenvalue weighted by atomic mass is 28.4. The van der Waals surface area contributed by atoms with E-state index in [1.54, 1.807) is 20.3 Å². The number of hydrogen-bond donors (Lipinski definition) is 0. The minimum Gasteiger partial charge on any atom is -0.377 e. The van der Waals surface area contributed by atoms with Crippen LogP contribution in [0.15, 0.2) is 12.7 Å². The van der Waals surface area contributed by atoms with Gasteiger partial charge in [-0.25, -0.2) is 0 Å². The molecule has 0 aliphatic carbocycles. The first-order chi connectivity index (χ1) is 6.24. The van der Waals surface area contributed by atoms with Crippen LogP contribution in [-0.4, -0.2) is 29.6 Å². The topological polar surface area (TPSA) is 27.7 Å². The summed E-state index contributed by atoms with van der Waals surface area (Å²) < 4.78 is 16.2. The molecule has 13 heavy (non-hydrogen) atoms. The second-order valence-electron chi connectivity index (χ2n) is 2.79.